The lowest BCUT2D eigenvalue weighted by atomic mass is 9.94. The number of halogens is 4. The van der Waals surface area contributed by atoms with Crippen LogP contribution in [0.25, 0.3) is 11.1 Å². The molecule has 0 unspecified atom stereocenters. The Morgan fingerprint density at radius 3 is 2.29 bits per heavy atom. The average molecular weight is 514 g/mol. The van der Waals surface area contributed by atoms with E-state index in [2.05, 4.69) is 4.72 Å². The van der Waals surface area contributed by atoms with E-state index in [9.17, 15) is 17.6 Å². The van der Waals surface area contributed by atoms with Crippen molar-refractivity contribution in [3.63, 3.8) is 0 Å². The van der Waals surface area contributed by atoms with Crippen LogP contribution in [0.4, 0.5) is 22.4 Å². The molecule has 2 fully saturated rings. The molecule has 1 saturated heterocycles. The number of alkyl halides is 2. The lowest BCUT2D eigenvalue weighted by Crippen LogP contribution is -2.53. The minimum Gasteiger partial charge on any atom is -0.331 e. The highest BCUT2D eigenvalue weighted by Gasteiger charge is 2.58. The number of amides is 2. The molecule has 35 heavy (non-hydrogen) atoms. The van der Waals surface area contributed by atoms with Crippen LogP contribution in [0.3, 0.4) is 0 Å². The molecule has 0 spiro atoms. The lowest BCUT2D eigenvalue weighted by molar-refractivity contribution is -0.00500. The second-order valence-corrected chi connectivity index (χ2v) is 11.4. The number of likely N-dealkylation sites (tertiary alicyclic amines) is 1. The monoisotopic (exact) mass is 513 g/mol. The largest absolute Gasteiger partial charge is 0.331 e. The van der Waals surface area contributed by atoms with Crippen molar-refractivity contribution in [3.05, 3.63) is 59.2 Å². The molecule has 2 aromatic rings. The van der Waals surface area contributed by atoms with Crippen LogP contribution in [0.2, 0.25) is 0 Å². The standard InChI is InChI=1S/C24H27F4N3O3S/c1-14-6-4-8-17(20(14)25)18-9-5-7-15(21(18)26)12-19-22(29-35(33,34)16-10-11-16)24(27,28)13-31(19)23(32)30(2)3/h4-9,16,19,22,29H,10-13H2,1-3H3/t19-,22+/m0/s1. The van der Waals surface area contributed by atoms with Gasteiger partial charge in [0, 0.05) is 25.2 Å². The summed E-state index contributed by atoms with van der Waals surface area (Å²) in [6.07, 6.45) is 0.356. The van der Waals surface area contributed by atoms with E-state index in [1.165, 1.54) is 38.4 Å². The number of rotatable bonds is 6. The molecule has 190 valence electrons. The molecule has 6 nitrogen and oxygen atoms in total. The van der Waals surface area contributed by atoms with Gasteiger partial charge >= 0.3 is 6.03 Å². The van der Waals surface area contributed by atoms with E-state index in [1.807, 2.05) is 0 Å². The summed E-state index contributed by atoms with van der Waals surface area (Å²) in [7, 11) is -1.25. The molecule has 1 aliphatic carbocycles. The quantitative estimate of drug-likeness (QED) is 0.595. The first-order valence-corrected chi connectivity index (χ1v) is 12.8. The summed E-state index contributed by atoms with van der Waals surface area (Å²) in [5.41, 5.74) is 0.265. The zero-order valence-corrected chi connectivity index (χ0v) is 20.4. The second kappa shape index (κ2) is 9.09. The van der Waals surface area contributed by atoms with Crippen molar-refractivity contribution >= 4 is 16.1 Å². The van der Waals surface area contributed by atoms with Gasteiger partial charge in [0.25, 0.3) is 5.92 Å². The number of urea groups is 1. The summed E-state index contributed by atoms with van der Waals surface area (Å²) >= 11 is 0. The summed E-state index contributed by atoms with van der Waals surface area (Å²) in [5, 5.41) is -0.748. The highest BCUT2D eigenvalue weighted by molar-refractivity contribution is 7.90. The molecule has 2 aliphatic rings. The normalized spacial score (nSPS) is 21.9. The first-order valence-electron chi connectivity index (χ1n) is 11.2. The van der Waals surface area contributed by atoms with E-state index in [4.69, 9.17) is 0 Å². The second-order valence-electron chi connectivity index (χ2n) is 9.39. The Bertz CT molecular complexity index is 1250. The predicted molar refractivity (Wildman–Crippen MR) is 124 cm³/mol. The van der Waals surface area contributed by atoms with Gasteiger partial charge in [0.2, 0.25) is 10.0 Å². The van der Waals surface area contributed by atoms with Crippen LogP contribution in [-0.2, 0) is 16.4 Å². The van der Waals surface area contributed by atoms with Crippen LogP contribution >= 0.6 is 0 Å². The minimum atomic E-state index is -4.03. The van der Waals surface area contributed by atoms with Gasteiger partial charge in [-0.15, -0.1) is 0 Å². The van der Waals surface area contributed by atoms with Gasteiger partial charge in [0.05, 0.1) is 17.8 Å². The van der Waals surface area contributed by atoms with Crippen molar-refractivity contribution in [1.82, 2.24) is 14.5 Å². The lowest BCUT2D eigenvalue weighted by Gasteiger charge is -2.30. The van der Waals surface area contributed by atoms with Gasteiger partial charge < -0.3 is 9.80 Å². The summed E-state index contributed by atoms with van der Waals surface area (Å²) in [6, 6.07) is 4.73. The Morgan fingerprint density at radius 2 is 1.69 bits per heavy atom. The van der Waals surface area contributed by atoms with Crippen LogP contribution in [0.15, 0.2) is 36.4 Å². The van der Waals surface area contributed by atoms with E-state index in [0.29, 0.717) is 18.4 Å². The van der Waals surface area contributed by atoms with Gasteiger partial charge in [-0.1, -0.05) is 36.4 Å². The van der Waals surface area contributed by atoms with Crippen molar-refractivity contribution < 1.29 is 30.8 Å². The number of nitrogens with zero attached hydrogens (tertiary/aromatic N) is 2. The van der Waals surface area contributed by atoms with E-state index in [1.54, 1.807) is 19.1 Å². The first-order chi connectivity index (χ1) is 16.3. The fourth-order valence-corrected chi connectivity index (χ4v) is 6.07. The van der Waals surface area contributed by atoms with Crippen LogP contribution in [0.1, 0.15) is 24.0 Å². The number of hydrogen-bond acceptors (Lipinski definition) is 3. The van der Waals surface area contributed by atoms with Crippen LogP contribution in [-0.4, -0.2) is 68.1 Å². The minimum absolute atomic E-state index is 0.0216. The average Bonchev–Trinajstić information content (AvgIpc) is 3.60. The molecule has 2 amide bonds. The van der Waals surface area contributed by atoms with Gasteiger partial charge in [-0.25, -0.2) is 35.5 Å². The molecule has 1 saturated carbocycles. The summed E-state index contributed by atoms with van der Waals surface area (Å²) in [5.74, 6) is -4.99. The maximum atomic E-state index is 15.6. The maximum absolute atomic E-state index is 15.6. The Hall–Kier alpha value is -2.66. The van der Waals surface area contributed by atoms with Crippen molar-refractivity contribution in [2.45, 2.75) is 49.4 Å². The Kier molecular flexibility index (Phi) is 6.60. The molecule has 4 rings (SSSR count). The molecule has 1 aliphatic heterocycles. The number of benzene rings is 2. The SMILES string of the molecule is Cc1cccc(-c2cccc(C[C@H]3[C@@H](NS(=O)(=O)C4CC4)C(F)(F)CN3C(=O)N(C)C)c2F)c1F. The Balaban J connectivity index is 1.74. The van der Waals surface area contributed by atoms with Gasteiger partial charge in [0.1, 0.15) is 17.7 Å². The number of carbonyl (C=O) groups excluding carboxylic acids is 1. The zero-order chi connectivity index (χ0) is 25.7. The zero-order valence-electron chi connectivity index (χ0n) is 19.6. The van der Waals surface area contributed by atoms with E-state index >= 15 is 13.2 Å². The van der Waals surface area contributed by atoms with Crippen LogP contribution in [0, 0.1) is 18.6 Å². The van der Waals surface area contributed by atoms with Gasteiger partial charge in [-0.05, 0) is 37.3 Å². The third-order valence-corrected chi connectivity index (χ3v) is 8.43. The molecule has 2 aromatic carbocycles. The molecule has 0 radical (unpaired) electrons. The molecule has 2 atom stereocenters. The summed E-state index contributed by atoms with van der Waals surface area (Å²) in [4.78, 5) is 14.7. The first kappa shape index (κ1) is 25.4. The van der Waals surface area contributed by atoms with Gasteiger partial charge in [-0.3, -0.25) is 0 Å². The van der Waals surface area contributed by atoms with Gasteiger partial charge in [-0.2, -0.15) is 0 Å². The fourth-order valence-electron chi connectivity index (χ4n) is 4.44. The number of hydrogen-bond donors (Lipinski definition) is 1. The third kappa shape index (κ3) is 4.88. The molecule has 0 aromatic heterocycles. The smallest absolute Gasteiger partial charge is 0.320 e. The number of carbonyl (C=O) groups is 1. The summed E-state index contributed by atoms with van der Waals surface area (Å²) < 4.78 is 87.7. The van der Waals surface area contributed by atoms with E-state index in [-0.39, 0.29) is 23.1 Å². The van der Waals surface area contributed by atoms with Crippen molar-refractivity contribution in [2.75, 3.05) is 20.6 Å². The van der Waals surface area contributed by atoms with E-state index in [0.717, 1.165) is 9.80 Å². The van der Waals surface area contributed by atoms with Gasteiger partial charge in [0.15, 0.2) is 0 Å². The van der Waals surface area contributed by atoms with Crippen molar-refractivity contribution in [1.29, 1.82) is 0 Å². The maximum Gasteiger partial charge on any atom is 0.320 e. The molecular formula is C24H27F4N3O3S. The predicted octanol–water partition coefficient (Wildman–Crippen LogP) is 3.93. The van der Waals surface area contributed by atoms with Crippen molar-refractivity contribution in [2.24, 2.45) is 0 Å². The molecule has 11 heteroatoms. The number of aryl methyl sites for hydroxylation is 1. The molecule has 1 heterocycles. The Morgan fingerprint density at radius 1 is 1.09 bits per heavy atom. The van der Waals surface area contributed by atoms with Crippen LogP contribution < -0.4 is 4.72 Å². The highest BCUT2D eigenvalue weighted by atomic mass is 32.2. The van der Waals surface area contributed by atoms with E-state index < -0.39 is 57.5 Å². The van der Waals surface area contributed by atoms with Crippen molar-refractivity contribution in [3.8, 4) is 11.1 Å². The Labute approximate surface area is 202 Å². The molecular weight excluding hydrogens is 486 g/mol. The topological polar surface area (TPSA) is 69.7 Å². The number of sulfonamides is 1. The van der Waals surface area contributed by atoms with Crippen LogP contribution in [0.5, 0.6) is 0 Å². The number of nitrogens with one attached hydrogen (secondary N) is 1. The molecule has 0 bridgehead atoms. The highest BCUT2D eigenvalue weighted by Crippen LogP contribution is 2.38. The summed E-state index contributed by atoms with van der Waals surface area (Å²) in [6.45, 7) is 0.531. The molecule has 1 N–H and O–H groups in total. The fraction of sp³-hybridized carbons (Fsp3) is 0.458. The third-order valence-electron chi connectivity index (χ3n) is 6.49.